The summed E-state index contributed by atoms with van der Waals surface area (Å²) in [6.45, 7) is 2.23. The lowest BCUT2D eigenvalue weighted by Crippen LogP contribution is -2.56. The summed E-state index contributed by atoms with van der Waals surface area (Å²) >= 11 is 0. The molecule has 120 valence electrons. The fourth-order valence-corrected chi connectivity index (χ4v) is 3.61. The van der Waals surface area contributed by atoms with E-state index >= 15 is 0 Å². The van der Waals surface area contributed by atoms with E-state index in [1.807, 2.05) is 6.92 Å². The minimum atomic E-state index is -0.826. The molecule has 2 aliphatic heterocycles. The Hall–Kier alpha value is -1.30. The van der Waals surface area contributed by atoms with Gasteiger partial charge in [0, 0.05) is 31.1 Å². The summed E-state index contributed by atoms with van der Waals surface area (Å²) in [6.07, 6.45) is 5.87. The lowest BCUT2D eigenvalue weighted by atomic mass is 9.82. The number of carboxylic acids is 1. The number of rotatable bonds is 5. The molecular formula is C15H27N3O3. The second-order valence-corrected chi connectivity index (χ2v) is 6.63. The average molecular weight is 297 g/mol. The fraction of sp³-hybridized carbons (Fsp3) is 0.867. The molecule has 6 nitrogen and oxygen atoms in total. The first-order valence-corrected chi connectivity index (χ1v) is 7.93. The maximum atomic E-state index is 11.9. The topological polar surface area (TPSA) is 81.7 Å². The van der Waals surface area contributed by atoms with Crippen molar-refractivity contribution >= 4 is 12.0 Å². The third-order valence-electron chi connectivity index (χ3n) is 4.81. The largest absolute Gasteiger partial charge is 0.481 e. The summed E-state index contributed by atoms with van der Waals surface area (Å²) in [5.41, 5.74) is 0. The molecule has 6 heteroatoms. The van der Waals surface area contributed by atoms with Gasteiger partial charge >= 0.3 is 12.0 Å². The zero-order valence-electron chi connectivity index (χ0n) is 13.0. The standard InChI is InChI=1S/C15H27N3O3/c1-10(6-14(19)20)9-16-15(21)17-11-7-12-4-3-5-13(8-11)18(12)2/h10-13H,3-9H2,1-2H3,(H,19,20)(H2,16,17,21). The first-order chi connectivity index (χ1) is 9.95. The number of amides is 2. The zero-order chi connectivity index (χ0) is 15.4. The fourth-order valence-electron chi connectivity index (χ4n) is 3.61. The molecule has 3 unspecified atom stereocenters. The van der Waals surface area contributed by atoms with Crippen molar-refractivity contribution in [2.24, 2.45) is 5.92 Å². The predicted molar refractivity (Wildman–Crippen MR) is 80.2 cm³/mol. The molecule has 0 aromatic carbocycles. The average Bonchev–Trinajstić information content (AvgIpc) is 2.37. The number of fused-ring (bicyclic) bond motifs is 2. The first-order valence-electron chi connectivity index (χ1n) is 7.93. The van der Waals surface area contributed by atoms with Gasteiger partial charge in [0.25, 0.3) is 0 Å². The number of piperidine rings is 2. The molecule has 0 aromatic heterocycles. The Labute approximate surface area is 126 Å². The summed E-state index contributed by atoms with van der Waals surface area (Å²) in [7, 11) is 2.19. The van der Waals surface area contributed by atoms with Crippen LogP contribution in [0.1, 0.15) is 45.4 Å². The Bertz CT molecular complexity index is 374. The molecule has 0 aliphatic carbocycles. The highest BCUT2D eigenvalue weighted by Crippen LogP contribution is 2.32. The van der Waals surface area contributed by atoms with Crippen LogP contribution in [0.2, 0.25) is 0 Å². The minimum Gasteiger partial charge on any atom is -0.481 e. The van der Waals surface area contributed by atoms with Gasteiger partial charge in [0.1, 0.15) is 0 Å². The lowest BCUT2D eigenvalue weighted by molar-refractivity contribution is -0.137. The van der Waals surface area contributed by atoms with E-state index in [4.69, 9.17) is 5.11 Å². The van der Waals surface area contributed by atoms with Gasteiger partial charge in [-0.1, -0.05) is 13.3 Å². The van der Waals surface area contributed by atoms with Gasteiger partial charge < -0.3 is 20.6 Å². The number of hydrogen-bond acceptors (Lipinski definition) is 3. The molecule has 3 N–H and O–H groups in total. The van der Waals surface area contributed by atoms with Crippen LogP contribution in [0.25, 0.3) is 0 Å². The highest BCUT2D eigenvalue weighted by Gasteiger charge is 2.36. The van der Waals surface area contributed by atoms with Crippen LogP contribution in [-0.2, 0) is 4.79 Å². The van der Waals surface area contributed by atoms with Gasteiger partial charge in [0.05, 0.1) is 0 Å². The maximum absolute atomic E-state index is 11.9. The van der Waals surface area contributed by atoms with Crippen LogP contribution >= 0.6 is 0 Å². The summed E-state index contributed by atoms with van der Waals surface area (Å²) in [5, 5.41) is 14.5. The number of nitrogens with one attached hydrogen (secondary N) is 2. The van der Waals surface area contributed by atoms with E-state index in [2.05, 4.69) is 22.6 Å². The van der Waals surface area contributed by atoms with E-state index in [-0.39, 0.29) is 24.4 Å². The molecule has 21 heavy (non-hydrogen) atoms. The van der Waals surface area contributed by atoms with Crippen molar-refractivity contribution in [3.8, 4) is 0 Å². The number of nitrogens with zero attached hydrogens (tertiary/aromatic N) is 1. The molecule has 2 aliphatic rings. The second kappa shape index (κ2) is 7.11. The van der Waals surface area contributed by atoms with E-state index in [9.17, 15) is 9.59 Å². The van der Waals surface area contributed by atoms with E-state index in [1.54, 1.807) is 0 Å². The smallest absolute Gasteiger partial charge is 0.315 e. The molecule has 2 heterocycles. The lowest BCUT2D eigenvalue weighted by Gasteiger charge is -2.47. The molecular weight excluding hydrogens is 270 g/mol. The van der Waals surface area contributed by atoms with Crippen molar-refractivity contribution in [2.45, 2.75) is 63.6 Å². The second-order valence-electron chi connectivity index (χ2n) is 6.63. The molecule has 0 aromatic rings. The third kappa shape index (κ3) is 4.59. The Morgan fingerprint density at radius 2 is 1.90 bits per heavy atom. The van der Waals surface area contributed by atoms with Crippen molar-refractivity contribution in [3.63, 3.8) is 0 Å². The summed E-state index contributed by atoms with van der Waals surface area (Å²) in [5.74, 6) is -0.877. The van der Waals surface area contributed by atoms with Crippen LogP contribution in [0.4, 0.5) is 4.79 Å². The van der Waals surface area contributed by atoms with Gasteiger partial charge in [-0.15, -0.1) is 0 Å². The van der Waals surface area contributed by atoms with Gasteiger partial charge in [-0.25, -0.2) is 4.79 Å². The van der Waals surface area contributed by atoms with Gasteiger partial charge in [-0.2, -0.15) is 0 Å². The number of aliphatic carboxylic acids is 1. The van der Waals surface area contributed by atoms with Crippen LogP contribution < -0.4 is 10.6 Å². The van der Waals surface area contributed by atoms with Gasteiger partial charge in [0.15, 0.2) is 0 Å². The predicted octanol–water partition coefficient (Wildman–Crippen LogP) is 1.41. The molecule has 0 saturated carbocycles. The van der Waals surface area contributed by atoms with E-state index in [0.717, 1.165) is 12.8 Å². The third-order valence-corrected chi connectivity index (χ3v) is 4.81. The van der Waals surface area contributed by atoms with Crippen LogP contribution in [-0.4, -0.2) is 53.7 Å². The van der Waals surface area contributed by atoms with Crippen molar-refractivity contribution in [2.75, 3.05) is 13.6 Å². The first kappa shape index (κ1) is 16.1. The number of urea groups is 1. The van der Waals surface area contributed by atoms with Crippen molar-refractivity contribution in [3.05, 3.63) is 0 Å². The zero-order valence-corrected chi connectivity index (χ0v) is 13.0. The Balaban J connectivity index is 1.72. The highest BCUT2D eigenvalue weighted by molar-refractivity contribution is 5.74. The number of carboxylic acid groups (broad SMARTS) is 1. The van der Waals surface area contributed by atoms with Crippen molar-refractivity contribution in [1.29, 1.82) is 0 Å². The highest BCUT2D eigenvalue weighted by atomic mass is 16.4. The molecule has 2 amide bonds. The molecule has 0 spiro atoms. The van der Waals surface area contributed by atoms with Crippen LogP contribution in [0.3, 0.4) is 0 Å². The molecule has 2 fully saturated rings. The van der Waals surface area contributed by atoms with Crippen LogP contribution in [0, 0.1) is 5.92 Å². The molecule has 2 saturated heterocycles. The van der Waals surface area contributed by atoms with Crippen molar-refractivity contribution < 1.29 is 14.7 Å². The van der Waals surface area contributed by atoms with Gasteiger partial charge in [0.2, 0.25) is 0 Å². The maximum Gasteiger partial charge on any atom is 0.315 e. The van der Waals surface area contributed by atoms with Crippen LogP contribution in [0.5, 0.6) is 0 Å². The number of hydrogen-bond donors (Lipinski definition) is 3. The molecule has 3 atom stereocenters. The monoisotopic (exact) mass is 297 g/mol. The molecule has 0 radical (unpaired) electrons. The normalized spacial score (nSPS) is 30.5. The number of carbonyl (C=O) groups excluding carboxylic acids is 1. The molecule has 2 rings (SSSR count). The summed E-state index contributed by atoms with van der Waals surface area (Å²) in [6, 6.07) is 1.26. The summed E-state index contributed by atoms with van der Waals surface area (Å²) in [4.78, 5) is 25.0. The number of carbonyl (C=O) groups is 2. The van der Waals surface area contributed by atoms with Crippen molar-refractivity contribution in [1.82, 2.24) is 15.5 Å². The van der Waals surface area contributed by atoms with E-state index < -0.39 is 5.97 Å². The summed E-state index contributed by atoms with van der Waals surface area (Å²) < 4.78 is 0. The SMILES string of the molecule is CC(CNC(=O)NC1CC2CCCC(C1)N2C)CC(=O)O. The van der Waals surface area contributed by atoms with Crippen LogP contribution in [0.15, 0.2) is 0 Å². The Morgan fingerprint density at radius 3 is 2.48 bits per heavy atom. The van der Waals surface area contributed by atoms with Gasteiger partial charge in [-0.3, -0.25) is 4.79 Å². The minimum absolute atomic E-state index is 0.0508. The van der Waals surface area contributed by atoms with E-state index in [1.165, 1.54) is 19.3 Å². The van der Waals surface area contributed by atoms with E-state index in [0.29, 0.717) is 18.6 Å². The molecule has 2 bridgehead atoms. The Morgan fingerprint density at radius 1 is 1.29 bits per heavy atom. The van der Waals surface area contributed by atoms with Gasteiger partial charge in [-0.05, 0) is 38.6 Å². The Kier molecular flexibility index (Phi) is 5.45. The quantitative estimate of drug-likeness (QED) is 0.716.